The maximum atomic E-state index is 13.4. The number of rotatable bonds is 4. The molecule has 1 aromatic heterocycles. The van der Waals surface area contributed by atoms with Crippen LogP contribution in [0.15, 0.2) is 107 Å². The number of sulfone groups is 1. The van der Waals surface area contributed by atoms with Gasteiger partial charge in [-0.15, -0.1) is 0 Å². The molecule has 0 bridgehead atoms. The predicted molar refractivity (Wildman–Crippen MR) is 108 cm³/mol. The fourth-order valence-corrected chi connectivity index (χ4v) is 4.87. The molecular formula is C23H19NO2S. The summed E-state index contributed by atoms with van der Waals surface area (Å²) in [4.78, 5) is 0.619. The van der Waals surface area contributed by atoms with Gasteiger partial charge in [-0.25, -0.2) is 8.42 Å². The minimum Gasteiger partial charge on any atom is -0.343 e. The predicted octanol–water partition coefficient (Wildman–Crippen LogP) is 5.19. The van der Waals surface area contributed by atoms with Gasteiger partial charge >= 0.3 is 0 Å². The Morgan fingerprint density at radius 2 is 1.15 bits per heavy atom. The molecule has 0 radical (unpaired) electrons. The molecule has 27 heavy (non-hydrogen) atoms. The van der Waals surface area contributed by atoms with Crippen LogP contribution in [-0.2, 0) is 16.9 Å². The van der Waals surface area contributed by atoms with Crippen molar-refractivity contribution in [2.24, 2.45) is 7.05 Å². The minimum atomic E-state index is -3.65. The monoisotopic (exact) mass is 373 g/mol. The van der Waals surface area contributed by atoms with E-state index >= 15 is 0 Å². The standard InChI is InChI=1S/C23H19NO2S/c1-24-21(18-11-5-2-6-12-18)17-22(23(24)19-13-7-3-8-14-19)27(25,26)20-15-9-4-10-16-20/h2-17H,1H3. The first-order valence-electron chi connectivity index (χ1n) is 8.70. The van der Waals surface area contributed by atoms with Crippen LogP contribution in [0.25, 0.3) is 22.5 Å². The number of hydrogen-bond donors (Lipinski definition) is 0. The molecule has 4 aromatic rings. The molecule has 0 aliphatic rings. The zero-order valence-electron chi connectivity index (χ0n) is 14.9. The van der Waals surface area contributed by atoms with Crippen molar-refractivity contribution in [2.45, 2.75) is 9.79 Å². The zero-order chi connectivity index (χ0) is 18.9. The fourth-order valence-electron chi connectivity index (χ4n) is 3.32. The molecule has 0 spiro atoms. The molecule has 0 N–H and O–H groups in total. The highest BCUT2D eigenvalue weighted by Crippen LogP contribution is 2.37. The molecule has 4 heteroatoms. The van der Waals surface area contributed by atoms with E-state index in [1.807, 2.05) is 78.3 Å². The topological polar surface area (TPSA) is 39.1 Å². The van der Waals surface area contributed by atoms with Gasteiger partial charge in [-0.3, -0.25) is 0 Å². The van der Waals surface area contributed by atoms with Crippen molar-refractivity contribution in [2.75, 3.05) is 0 Å². The molecule has 0 amide bonds. The molecule has 0 unspecified atom stereocenters. The van der Waals surface area contributed by atoms with E-state index < -0.39 is 9.84 Å². The SMILES string of the molecule is Cn1c(-c2ccccc2)cc(S(=O)(=O)c2ccccc2)c1-c1ccccc1. The first-order valence-corrected chi connectivity index (χ1v) is 10.2. The lowest BCUT2D eigenvalue weighted by atomic mass is 10.1. The summed E-state index contributed by atoms with van der Waals surface area (Å²) < 4.78 is 28.8. The molecule has 134 valence electrons. The van der Waals surface area contributed by atoms with E-state index in [0.29, 0.717) is 15.5 Å². The molecule has 0 aliphatic heterocycles. The Morgan fingerprint density at radius 3 is 1.70 bits per heavy atom. The second-order valence-corrected chi connectivity index (χ2v) is 8.27. The van der Waals surface area contributed by atoms with Crippen LogP contribution in [0.5, 0.6) is 0 Å². The first kappa shape index (κ1) is 17.3. The molecule has 3 nitrogen and oxygen atoms in total. The highest BCUT2D eigenvalue weighted by Gasteiger charge is 2.27. The van der Waals surface area contributed by atoms with Crippen molar-refractivity contribution in [1.29, 1.82) is 0 Å². The Morgan fingerprint density at radius 1 is 0.667 bits per heavy atom. The molecule has 0 saturated carbocycles. The molecule has 0 saturated heterocycles. The van der Waals surface area contributed by atoms with E-state index in [2.05, 4.69) is 0 Å². The van der Waals surface area contributed by atoms with Crippen molar-refractivity contribution in [3.63, 3.8) is 0 Å². The molecule has 0 fully saturated rings. The summed E-state index contributed by atoms with van der Waals surface area (Å²) in [5.74, 6) is 0. The Kier molecular flexibility index (Phi) is 4.42. The lowest BCUT2D eigenvalue weighted by molar-refractivity contribution is 0.596. The summed E-state index contributed by atoms with van der Waals surface area (Å²) in [6, 6.07) is 29.8. The summed E-state index contributed by atoms with van der Waals surface area (Å²) in [5, 5.41) is 0. The van der Waals surface area contributed by atoms with Crippen molar-refractivity contribution in [3.05, 3.63) is 97.1 Å². The maximum Gasteiger partial charge on any atom is 0.208 e. The van der Waals surface area contributed by atoms with Crippen molar-refractivity contribution in [1.82, 2.24) is 4.57 Å². The molecule has 4 rings (SSSR count). The van der Waals surface area contributed by atoms with Gasteiger partial charge in [-0.2, -0.15) is 0 Å². The summed E-state index contributed by atoms with van der Waals surface area (Å²) >= 11 is 0. The number of hydrogen-bond acceptors (Lipinski definition) is 2. The van der Waals surface area contributed by atoms with Crippen molar-refractivity contribution >= 4 is 9.84 Å². The van der Waals surface area contributed by atoms with Gasteiger partial charge in [0.25, 0.3) is 0 Å². The highest BCUT2D eigenvalue weighted by molar-refractivity contribution is 7.91. The van der Waals surface area contributed by atoms with E-state index in [1.54, 1.807) is 30.3 Å². The molecule has 0 atom stereocenters. The van der Waals surface area contributed by atoms with E-state index in [4.69, 9.17) is 0 Å². The Bertz CT molecular complexity index is 1160. The van der Waals surface area contributed by atoms with Crippen molar-refractivity contribution < 1.29 is 8.42 Å². The van der Waals surface area contributed by atoms with Crippen LogP contribution >= 0.6 is 0 Å². The third-order valence-corrected chi connectivity index (χ3v) is 6.44. The third kappa shape index (κ3) is 3.09. The summed E-state index contributed by atoms with van der Waals surface area (Å²) in [5.41, 5.74) is 3.41. The fraction of sp³-hybridized carbons (Fsp3) is 0.0435. The zero-order valence-corrected chi connectivity index (χ0v) is 15.7. The lowest BCUT2D eigenvalue weighted by Gasteiger charge is -2.10. The first-order chi connectivity index (χ1) is 13.1. The van der Waals surface area contributed by atoms with Crippen LogP contribution in [0.1, 0.15) is 0 Å². The lowest BCUT2D eigenvalue weighted by Crippen LogP contribution is -2.04. The van der Waals surface area contributed by atoms with Crippen LogP contribution in [-0.4, -0.2) is 13.0 Å². The van der Waals surface area contributed by atoms with E-state index in [-0.39, 0.29) is 0 Å². The van der Waals surface area contributed by atoms with Crippen LogP contribution in [0.2, 0.25) is 0 Å². The average Bonchev–Trinajstić information content (AvgIpc) is 3.08. The highest BCUT2D eigenvalue weighted by atomic mass is 32.2. The number of benzene rings is 3. The minimum absolute atomic E-state index is 0.299. The molecule has 0 aliphatic carbocycles. The van der Waals surface area contributed by atoms with Gasteiger partial charge in [0.15, 0.2) is 0 Å². The van der Waals surface area contributed by atoms with Gasteiger partial charge in [0.2, 0.25) is 9.84 Å². The number of nitrogens with zero attached hydrogens (tertiary/aromatic N) is 1. The largest absolute Gasteiger partial charge is 0.343 e. The third-order valence-electron chi connectivity index (χ3n) is 4.66. The quantitative estimate of drug-likeness (QED) is 0.494. The second kappa shape index (κ2) is 6.89. The van der Waals surface area contributed by atoms with Gasteiger partial charge in [0.05, 0.1) is 15.5 Å². The molecule has 3 aromatic carbocycles. The van der Waals surface area contributed by atoms with Gasteiger partial charge < -0.3 is 4.57 Å². The van der Waals surface area contributed by atoms with Gasteiger partial charge in [0.1, 0.15) is 0 Å². The van der Waals surface area contributed by atoms with Crippen LogP contribution in [0, 0.1) is 0 Å². The van der Waals surface area contributed by atoms with Crippen LogP contribution in [0.4, 0.5) is 0 Å². The Balaban J connectivity index is 2.01. The summed E-state index contributed by atoms with van der Waals surface area (Å²) in [6.45, 7) is 0. The smallest absolute Gasteiger partial charge is 0.208 e. The molecular weight excluding hydrogens is 354 g/mol. The second-order valence-electron chi connectivity index (χ2n) is 6.35. The Hall–Kier alpha value is -3.11. The normalized spacial score (nSPS) is 11.4. The van der Waals surface area contributed by atoms with Crippen molar-refractivity contribution in [3.8, 4) is 22.5 Å². The van der Waals surface area contributed by atoms with Gasteiger partial charge in [-0.1, -0.05) is 78.9 Å². The average molecular weight is 373 g/mol. The summed E-state index contributed by atoms with van der Waals surface area (Å²) in [7, 11) is -1.74. The Labute approximate surface area is 159 Å². The maximum absolute atomic E-state index is 13.4. The van der Waals surface area contributed by atoms with Gasteiger partial charge in [0, 0.05) is 12.7 Å². The van der Waals surface area contributed by atoms with E-state index in [1.165, 1.54) is 0 Å². The van der Waals surface area contributed by atoms with E-state index in [9.17, 15) is 8.42 Å². The van der Waals surface area contributed by atoms with Crippen LogP contribution in [0.3, 0.4) is 0 Å². The number of aromatic nitrogens is 1. The molecule has 1 heterocycles. The van der Waals surface area contributed by atoms with Crippen LogP contribution < -0.4 is 0 Å². The van der Waals surface area contributed by atoms with Gasteiger partial charge in [-0.05, 0) is 29.3 Å². The summed E-state index contributed by atoms with van der Waals surface area (Å²) in [6.07, 6.45) is 0. The van der Waals surface area contributed by atoms with E-state index in [0.717, 1.165) is 16.8 Å².